The van der Waals surface area contributed by atoms with Crippen molar-refractivity contribution in [1.82, 2.24) is 15.0 Å². The fourth-order valence-electron chi connectivity index (χ4n) is 3.49. The van der Waals surface area contributed by atoms with E-state index in [1.54, 1.807) is 18.0 Å². The van der Waals surface area contributed by atoms with E-state index < -0.39 is 5.60 Å². The molecule has 0 bridgehead atoms. The molecule has 1 N–H and O–H groups in total. The topological polar surface area (TPSA) is 60.2 Å². The maximum absolute atomic E-state index is 11.3. The first-order chi connectivity index (χ1) is 10.7. The van der Waals surface area contributed by atoms with E-state index in [9.17, 15) is 5.11 Å². The Morgan fingerprint density at radius 2 is 2.00 bits per heavy atom. The predicted octanol–water partition coefficient (Wildman–Crippen LogP) is 2.45. The fourth-order valence-corrected chi connectivity index (χ4v) is 3.49. The van der Waals surface area contributed by atoms with Crippen LogP contribution in [0.3, 0.4) is 0 Å². The van der Waals surface area contributed by atoms with Crippen LogP contribution in [-0.4, -0.2) is 32.8 Å². The first kappa shape index (κ1) is 15.0. The van der Waals surface area contributed by atoms with Gasteiger partial charge in [-0.25, -0.2) is 4.68 Å². The van der Waals surface area contributed by atoms with Crippen molar-refractivity contribution in [2.45, 2.75) is 44.2 Å². The third-order valence-corrected chi connectivity index (χ3v) is 4.69. The van der Waals surface area contributed by atoms with Crippen LogP contribution in [0, 0.1) is 5.92 Å². The van der Waals surface area contributed by atoms with Crippen LogP contribution in [0.4, 0.5) is 0 Å². The van der Waals surface area contributed by atoms with E-state index in [1.165, 1.54) is 12.8 Å². The third kappa shape index (κ3) is 3.30. The van der Waals surface area contributed by atoms with Crippen molar-refractivity contribution in [2.24, 2.45) is 5.92 Å². The predicted molar refractivity (Wildman–Crippen MR) is 83.6 cm³/mol. The molecule has 1 atom stereocenters. The normalized spacial score (nSPS) is 18.3. The molecule has 1 aliphatic carbocycles. The number of hydrogen-bond donors (Lipinski definition) is 1. The van der Waals surface area contributed by atoms with Gasteiger partial charge in [-0.05, 0) is 36.5 Å². The Hall–Kier alpha value is -1.88. The van der Waals surface area contributed by atoms with E-state index >= 15 is 0 Å². The Balaban J connectivity index is 1.80. The maximum atomic E-state index is 11.3. The van der Waals surface area contributed by atoms with Gasteiger partial charge in [0.15, 0.2) is 0 Å². The molecule has 22 heavy (non-hydrogen) atoms. The lowest BCUT2D eigenvalue weighted by Gasteiger charge is -2.34. The van der Waals surface area contributed by atoms with E-state index in [-0.39, 0.29) is 0 Å². The quantitative estimate of drug-likeness (QED) is 0.890. The van der Waals surface area contributed by atoms with Crippen molar-refractivity contribution in [1.29, 1.82) is 0 Å². The van der Waals surface area contributed by atoms with Gasteiger partial charge in [-0.15, -0.1) is 5.10 Å². The molecule has 1 heterocycles. The minimum Gasteiger partial charge on any atom is -0.497 e. The highest BCUT2D eigenvalue weighted by molar-refractivity contribution is 5.28. The Kier molecular flexibility index (Phi) is 4.43. The van der Waals surface area contributed by atoms with Crippen LogP contribution in [0.5, 0.6) is 5.75 Å². The summed E-state index contributed by atoms with van der Waals surface area (Å²) in [7, 11) is 1.66. The molecular weight excluding hydrogens is 278 g/mol. The van der Waals surface area contributed by atoms with Crippen LogP contribution in [0.1, 0.15) is 31.2 Å². The number of aliphatic hydroxyl groups is 1. The molecule has 0 aliphatic heterocycles. The average molecular weight is 301 g/mol. The molecule has 0 saturated heterocycles. The molecule has 1 aromatic carbocycles. The number of rotatable bonds is 6. The maximum Gasteiger partial charge on any atom is 0.118 e. The lowest BCUT2D eigenvalue weighted by Crippen LogP contribution is -2.43. The number of nitrogens with zero attached hydrogens (tertiary/aromatic N) is 3. The zero-order valence-electron chi connectivity index (χ0n) is 13.0. The summed E-state index contributed by atoms with van der Waals surface area (Å²) >= 11 is 0. The minimum atomic E-state index is -0.779. The van der Waals surface area contributed by atoms with Gasteiger partial charge < -0.3 is 9.84 Å². The second-order valence-corrected chi connectivity index (χ2v) is 6.21. The molecular formula is C17H23N3O2. The Morgan fingerprint density at radius 3 is 2.59 bits per heavy atom. The molecule has 118 valence electrons. The van der Waals surface area contributed by atoms with Gasteiger partial charge in [0, 0.05) is 12.6 Å². The number of ether oxygens (including phenoxy) is 1. The van der Waals surface area contributed by atoms with Crippen LogP contribution in [0.2, 0.25) is 0 Å². The van der Waals surface area contributed by atoms with Gasteiger partial charge in [-0.3, -0.25) is 0 Å². The van der Waals surface area contributed by atoms with Gasteiger partial charge >= 0.3 is 0 Å². The highest BCUT2D eigenvalue weighted by Gasteiger charge is 2.39. The summed E-state index contributed by atoms with van der Waals surface area (Å²) < 4.78 is 6.94. The van der Waals surface area contributed by atoms with E-state index in [4.69, 9.17) is 4.74 Å². The molecule has 1 aliphatic rings. The number of methoxy groups -OCH3 is 1. The molecule has 1 fully saturated rings. The summed E-state index contributed by atoms with van der Waals surface area (Å²) in [6.07, 6.45) is 8.67. The Labute approximate surface area is 130 Å². The molecule has 5 nitrogen and oxygen atoms in total. The minimum absolute atomic E-state index is 0.318. The van der Waals surface area contributed by atoms with Gasteiger partial charge in [0.1, 0.15) is 5.75 Å². The summed E-state index contributed by atoms with van der Waals surface area (Å²) in [6, 6.07) is 7.94. The molecule has 0 amide bonds. The van der Waals surface area contributed by atoms with E-state index in [1.807, 2.05) is 30.5 Å². The molecule has 0 spiro atoms. The van der Waals surface area contributed by atoms with Crippen molar-refractivity contribution in [3.63, 3.8) is 0 Å². The van der Waals surface area contributed by atoms with Gasteiger partial charge in [0.25, 0.3) is 0 Å². The van der Waals surface area contributed by atoms with Gasteiger partial charge in [0.05, 0.1) is 25.5 Å². The van der Waals surface area contributed by atoms with E-state index in [0.29, 0.717) is 18.9 Å². The SMILES string of the molecule is COc1ccc(CC(O)(Cn2ccnn2)C2CCCC2)cc1. The molecule has 5 heteroatoms. The number of benzene rings is 1. The number of hydrogen-bond acceptors (Lipinski definition) is 4. The van der Waals surface area contributed by atoms with E-state index in [0.717, 1.165) is 24.2 Å². The molecule has 1 saturated carbocycles. The van der Waals surface area contributed by atoms with Crippen molar-refractivity contribution >= 4 is 0 Å². The molecule has 3 rings (SSSR count). The first-order valence-corrected chi connectivity index (χ1v) is 7.89. The van der Waals surface area contributed by atoms with Crippen molar-refractivity contribution in [2.75, 3.05) is 7.11 Å². The second-order valence-electron chi connectivity index (χ2n) is 6.21. The van der Waals surface area contributed by atoms with Crippen molar-refractivity contribution < 1.29 is 9.84 Å². The fraction of sp³-hybridized carbons (Fsp3) is 0.529. The Morgan fingerprint density at radius 1 is 1.27 bits per heavy atom. The van der Waals surface area contributed by atoms with Crippen molar-refractivity contribution in [3.8, 4) is 5.75 Å². The summed E-state index contributed by atoms with van der Waals surface area (Å²) in [4.78, 5) is 0. The van der Waals surface area contributed by atoms with E-state index in [2.05, 4.69) is 10.3 Å². The third-order valence-electron chi connectivity index (χ3n) is 4.69. The molecule has 2 aromatic rings. The highest BCUT2D eigenvalue weighted by Crippen LogP contribution is 2.37. The lowest BCUT2D eigenvalue weighted by atomic mass is 9.81. The Bertz CT molecular complexity index is 576. The smallest absolute Gasteiger partial charge is 0.118 e. The van der Waals surface area contributed by atoms with Gasteiger partial charge in [-0.2, -0.15) is 0 Å². The zero-order chi connectivity index (χ0) is 15.4. The first-order valence-electron chi connectivity index (χ1n) is 7.89. The van der Waals surface area contributed by atoms with Crippen LogP contribution < -0.4 is 4.74 Å². The second kappa shape index (κ2) is 6.48. The monoisotopic (exact) mass is 301 g/mol. The standard InChI is InChI=1S/C17H23N3O2/c1-22-16-8-6-14(7-9-16)12-17(21,15-4-2-3-5-15)13-20-11-10-18-19-20/h6-11,15,21H,2-5,12-13H2,1H3. The highest BCUT2D eigenvalue weighted by atomic mass is 16.5. The summed E-state index contributed by atoms with van der Waals surface area (Å²) in [5.74, 6) is 1.16. The van der Waals surface area contributed by atoms with Crippen LogP contribution in [0.25, 0.3) is 0 Å². The van der Waals surface area contributed by atoms with Gasteiger partial charge in [-0.1, -0.05) is 30.2 Å². The summed E-state index contributed by atoms with van der Waals surface area (Å²) in [5.41, 5.74) is 0.342. The summed E-state index contributed by atoms with van der Waals surface area (Å²) in [6.45, 7) is 0.490. The summed E-state index contributed by atoms with van der Waals surface area (Å²) in [5, 5.41) is 19.2. The lowest BCUT2D eigenvalue weighted by molar-refractivity contribution is -0.0343. The average Bonchev–Trinajstić information content (AvgIpc) is 3.21. The number of aromatic nitrogens is 3. The molecule has 0 radical (unpaired) electrons. The van der Waals surface area contributed by atoms with Crippen LogP contribution in [0.15, 0.2) is 36.7 Å². The largest absolute Gasteiger partial charge is 0.497 e. The van der Waals surface area contributed by atoms with Crippen LogP contribution >= 0.6 is 0 Å². The molecule has 1 aromatic heterocycles. The van der Waals surface area contributed by atoms with Crippen molar-refractivity contribution in [3.05, 3.63) is 42.2 Å². The van der Waals surface area contributed by atoms with Crippen LogP contribution in [-0.2, 0) is 13.0 Å². The molecule has 1 unspecified atom stereocenters. The van der Waals surface area contributed by atoms with Gasteiger partial charge in [0.2, 0.25) is 0 Å². The zero-order valence-corrected chi connectivity index (χ0v) is 13.0.